The van der Waals surface area contributed by atoms with E-state index in [1.807, 2.05) is 59.2 Å². The van der Waals surface area contributed by atoms with Crippen LogP contribution in [-0.2, 0) is 16.0 Å². The van der Waals surface area contributed by atoms with Gasteiger partial charge in [-0.2, -0.15) is 0 Å². The van der Waals surface area contributed by atoms with Crippen LogP contribution in [0.4, 0.5) is 0 Å². The minimum Gasteiger partial charge on any atom is -0.479 e. The molecule has 0 amide bonds. The molecule has 3 rings (SSSR count). The topological polar surface area (TPSA) is 99.6 Å². The molecule has 3 N–H and O–H groups in total. The summed E-state index contributed by atoms with van der Waals surface area (Å²) < 4.78 is 13.1. The number of carbonyl (C=O) groups is 1. The molecule has 7 nitrogen and oxygen atoms in total. The molecule has 2 atom stereocenters. The summed E-state index contributed by atoms with van der Waals surface area (Å²) in [5, 5.41) is 9.34. The number of carboxylic acids is 1. The van der Waals surface area contributed by atoms with E-state index >= 15 is 0 Å². The smallest absolute Gasteiger partial charge is 0.333 e. The summed E-state index contributed by atoms with van der Waals surface area (Å²) in [7, 11) is 0. The standard InChI is InChI=1S/C21H23N3O4/c1-15(12-22)27-20(21(25)26)11-16-13-24(14-23-16)17-7-9-19(10-8-17)28-18-5-3-2-4-6-18/h2-10,13-15,20H,11-12,22H2,1H3,(H,25,26)/t15-,20?/m1/s1. The minimum atomic E-state index is -1.03. The van der Waals surface area contributed by atoms with Gasteiger partial charge in [-0.15, -0.1) is 0 Å². The molecule has 146 valence electrons. The number of rotatable bonds is 9. The molecule has 1 aromatic heterocycles. The summed E-state index contributed by atoms with van der Waals surface area (Å²) in [4.78, 5) is 15.7. The number of ether oxygens (including phenoxy) is 2. The van der Waals surface area contributed by atoms with Crippen LogP contribution in [0.5, 0.6) is 11.5 Å². The van der Waals surface area contributed by atoms with Crippen LogP contribution >= 0.6 is 0 Å². The molecule has 0 aliphatic carbocycles. The third-order valence-electron chi connectivity index (χ3n) is 4.15. The number of para-hydroxylation sites is 1. The molecule has 0 aliphatic rings. The van der Waals surface area contributed by atoms with Gasteiger partial charge in [0.25, 0.3) is 0 Å². The molecule has 1 heterocycles. The maximum atomic E-state index is 11.4. The van der Waals surface area contributed by atoms with E-state index in [1.54, 1.807) is 19.4 Å². The van der Waals surface area contributed by atoms with Crippen molar-refractivity contribution in [3.8, 4) is 17.2 Å². The summed E-state index contributed by atoms with van der Waals surface area (Å²) in [5.41, 5.74) is 7.02. The Balaban J connectivity index is 1.66. The number of carboxylic acid groups (broad SMARTS) is 1. The molecular weight excluding hydrogens is 358 g/mol. The van der Waals surface area contributed by atoms with E-state index in [1.165, 1.54) is 0 Å². The van der Waals surface area contributed by atoms with Crippen molar-refractivity contribution in [2.24, 2.45) is 5.73 Å². The van der Waals surface area contributed by atoms with E-state index in [4.69, 9.17) is 15.2 Å². The van der Waals surface area contributed by atoms with Crippen molar-refractivity contribution in [3.05, 3.63) is 72.8 Å². The molecule has 0 radical (unpaired) electrons. The Morgan fingerprint density at radius 3 is 2.46 bits per heavy atom. The van der Waals surface area contributed by atoms with Gasteiger partial charge in [0.05, 0.1) is 18.1 Å². The quantitative estimate of drug-likeness (QED) is 0.591. The van der Waals surface area contributed by atoms with Crippen molar-refractivity contribution >= 4 is 5.97 Å². The van der Waals surface area contributed by atoms with Gasteiger partial charge >= 0.3 is 5.97 Å². The predicted molar refractivity (Wildman–Crippen MR) is 105 cm³/mol. The van der Waals surface area contributed by atoms with Gasteiger partial charge in [-0.1, -0.05) is 18.2 Å². The van der Waals surface area contributed by atoms with Gasteiger partial charge in [0.1, 0.15) is 11.5 Å². The molecule has 28 heavy (non-hydrogen) atoms. The lowest BCUT2D eigenvalue weighted by atomic mass is 10.2. The van der Waals surface area contributed by atoms with Crippen molar-refractivity contribution in [2.45, 2.75) is 25.6 Å². The van der Waals surface area contributed by atoms with Crippen LogP contribution in [0.25, 0.3) is 5.69 Å². The fraction of sp³-hybridized carbons (Fsp3) is 0.238. The van der Waals surface area contributed by atoms with Crippen molar-refractivity contribution in [3.63, 3.8) is 0 Å². The Morgan fingerprint density at radius 1 is 1.14 bits per heavy atom. The number of hydrogen-bond acceptors (Lipinski definition) is 5. The summed E-state index contributed by atoms with van der Waals surface area (Å²) in [5.74, 6) is 0.467. The number of nitrogens with zero attached hydrogens (tertiary/aromatic N) is 2. The largest absolute Gasteiger partial charge is 0.479 e. The van der Waals surface area contributed by atoms with Gasteiger partial charge in [0, 0.05) is 24.8 Å². The zero-order chi connectivity index (χ0) is 19.9. The monoisotopic (exact) mass is 381 g/mol. The Labute approximate surface area is 163 Å². The van der Waals surface area contributed by atoms with E-state index in [0.29, 0.717) is 5.69 Å². The van der Waals surface area contributed by atoms with Crippen molar-refractivity contribution in [2.75, 3.05) is 6.54 Å². The Hall–Kier alpha value is -3.16. The molecule has 1 unspecified atom stereocenters. The van der Waals surface area contributed by atoms with Crippen molar-refractivity contribution < 1.29 is 19.4 Å². The number of aliphatic carboxylic acids is 1. The molecule has 0 fully saturated rings. The van der Waals surface area contributed by atoms with E-state index in [0.717, 1.165) is 17.2 Å². The number of aromatic nitrogens is 2. The predicted octanol–water partition coefficient (Wildman–Crippen LogP) is 3.02. The van der Waals surface area contributed by atoms with E-state index in [9.17, 15) is 9.90 Å². The second kappa shape index (κ2) is 9.16. The molecule has 0 saturated heterocycles. The maximum Gasteiger partial charge on any atom is 0.333 e. The van der Waals surface area contributed by atoms with Crippen LogP contribution in [0.3, 0.4) is 0 Å². The first-order chi connectivity index (χ1) is 13.5. The van der Waals surface area contributed by atoms with Gasteiger partial charge in [-0.3, -0.25) is 0 Å². The van der Waals surface area contributed by atoms with Gasteiger partial charge in [-0.05, 0) is 43.3 Å². The van der Waals surface area contributed by atoms with Crippen LogP contribution in [0.15, 0.2) is 67.1 Å². The van der Waals surface area contributed by atoms with E-state index < -0.39 is 12.1 Å². The van der Waals surface area contributed by atoms with Crippen molar-refractivity contribution in [1.29, 1.82) is 0 Å². The normalized spacial score (nSPS) is 13.1. The Bertz CT molecular complexity index is 894. The number of benzene rings is 2. The zero-order valence-corrected chi connectivity index (χ0v) is 15.6. The van der Waals surface area contributed by atoms with Gasteiger partial charge in [0.15, 0.2) is 6.10 Å². The molecule has 0 bridgehead atoms. The summed E-state index contributed by atoms with van der Waals surface area (Å²) in [6.45, 7) is 2.00. The highest BCUT2D eigenvalue weighted by Gasteiger charge is 2.22. The summed E-state index contributed by atoms with van der Waals surface area (Å²) in [6.07, 6.45) is 2.29. The van der Waals surface area contributed by atoms with Gasteiger partial charge in [0.2, 0.25) is 0 Å². The van der Waals surface area contributed by atoms with Crippen LogP contribution in [0.2, 0.25) is 0 Å². The second-order valence-corrected chi connectivity index (χ2v) is 6.39. The molecular formula is C21H23N3O4. The molecule has 2 aromatic carbocycles. The first-order valence-corrected chi connectivity index (χ1v) is 8.99. The summed E-state index contributed by atoms with van der Waals surface area (Å²) >= 11 is 0. The first-order valence-electron chi connectivity index (χ1n) is 8.99. The third kappa shape index (κ3) is 5.18. The maximum absolute atomic E-state index is 11.4. The molecule has 0 spiro atoms. The minimum absolute atomic E-state index is 0.169. The zero-order valence-electron chi connectivity index (χ0n) is 15.6. The number of nitrogens with two attached hydrogens (primary N) is 1. The fourth-order valence-electron chi connectivity index (χ4n) is 2.64. The number of imidazole rings is 1. The molecule has 0 saturated carbocycles. The van der Waals surface area contributed by atoms with E-state index in [2.05, 4.69) is 4.98 Å². The SMILES string of the molecule is C[C@H](CN)OC(Cc1cn(-c2ccc(Oc3ccccc3)cc2)cn1)C(=O)O. The van der Waals surface area contributed by atoms with Gasteiger partial charge < -0.3 is 24.9 Å². The second-order valence-electron chi connectivity index (χ2n) is 6.39. The van der Waals surface area contributed by atoms with E-state index in [-0.39, 0.29) is 19.1 Å². The van der Waals surface area contributed by atoms with Crippen molar-refractivity contribution in [1.82, 2.24) is 9.55 Å². The lowest BCUT2D eigenvalue weighted by Gasteiger charge is -2.17. The average molecular weight is 381 g/mol. The van der Waals surface area contributed by atoms with Crippen LogP contribution in [-0.4, -0.2) is 39.4 Å². The van der Waals surface area contributed by atoms with Crippen LogP contribution in [0.1, 0.15) is 12.6 Å². The highest BCUT2D eigenvalue weighted by molar-refractivity contribution is 5.72. The highest BCUT2D eigenvalue weighted by atomic mass is 16.5. The molecule has 0 aliphatic heterocycles. The molecule has 3 aromatic rings. The first kappa shape index (κ1) is 19.6. The summed E-state index contributed by atoms with van der Waals surface area (Å²) in [6, 6.07) is 17.1. The average Bonchev–Trinajstić information content (AvgIpc) is 3.17. The van der Waals surface area contributed by atoms with Gasteiger partial charge in [-0.25, -0.2) is 9.78 Å². The third-order valence-corrected chi connectivity index (χ3v) is 4.15. The number of hydrogen-bond donors (Lipinski definition) is 2. The van der Waals surface area contributed by atoms with Crippen LogP contribution in [0, 0.1) is 0 Å². The van der Waals surface area contributed by atoms with Crippen LogP contribution < -0.4 is 10.5 Å². The fourth-order valence-corrected chi connectivity index (χ4v) is 2.64. The Morgan fingerprint density at radius 2 is 1.82 bits per heavy atom. The highest BCUT2D eigenvalue weighted by Crippen LogP contribution is 2.22. The Kier molecular flexibility index (Phi) is 6.41. The lowest BCUT2D eigenvalue weighted by molar-refractivity contribution is -0.153. The molecule has 7 heteroatoms. The lowest BCUT2D eigenvalue weighted by Crippen LogP contribution is -2.33.